The molecule has 0 aliphatic heterocycles. The Kier molecular flexibility index (Phi) is 4.61. The highest BCUT2D eigenvalue weighted by Gasteiger charge is 2.22. The van der Waals surface area contributed by atoms with Crippen LogP contribution in [0.2, 0.25) is 0 Å². The first-order valence-corrected chi connectivity index (χ1v) is 7.43. The molecule has 1 atom stereocenters. The maximum absolute atomic E-state index is 13.1. The zero-order valence-electron chi connectivity index (χ0n) is 12.3. The van der Waals surface area contributed by atoms with E-state index >= 15 is 0 Å². The molecule has 1 aromatic carbocycles. The lowest BCUT2D eigenvalue weighted by Crippen LogP contribution is -2.47. The predicted molar refractivity (Wildman–Crippen MR) is 83.3 cm³/mol. The Labute approximate surface area is 127 Å². The minimum absolute atomic E-state index is 0.159. The van der Waals surface area contributed by atoms with E-state index in [0.717, 1.165) is 4.70 Å². The van der Waals surface area contributed by atoms with Crippen molar-refractivity contribution in [2.75, 3.05) is 27.2 Å². The van der Waals surface area contributed by atoms with Gasteiger partial charge in [-0.05, 0) is 50.7 Å². The molecule has 4 nitrogen and oxygen atoms in total. The fraction of sp³-hybridized carbons (Fsp3) is 0.400. The van der Waals surface area contributed by atoms with Crippen molar-refractivity contribution in [3.63, 3.8) is 0 Å². The van der Waals surface area contributed by atoms with E-state index in [1.165, 1.54) is 23.5 Å². The normalized spacial score (nSPS) is 14.4. The van der Waals surface area contributed by atoms with Crippen molar-refractivity contribution < 1.29 is 14.3 Å². The second kappa shape index (κ2) is 6.09. The molecule has 0 fully saturated rings. The van der Waals surface area contributed by atoms with Gasteiger partial charge in [0.15, 0.2) is 0 Å². The van der Waals surface area contributed by atoms with Crippen molar-refractivity contribution in [2.45, 2.75) is 12.5 Å². The van der Waals surface area contributed by atoms with Gasteiger partial charge in [-0.15, -0.1) is 11.3 Å². The molecule has 2 aromatic rings. The van der Waals surface area contributed by atoms with Gasteiger partial charge in [-0.25, -0.2) is 4.39 Å². The van der Waals surface area contributed by atoms with Crippen molar-refractivity contribution in [3.05, 3.63) is 35.0 Å². The van der Waals surface area contributed by atoms with Crippen LogP contribution in [0.1, 0.15) is 16.6 Å². The van der Waals surface area contributed by atoms with Gasteiger partial charge in [-0.2, -0.15) is 0 Å². The van der Waals surface area contributed by atoms with Gasteiger partial charge in [0.1, 0.15) is 5.82 Å². The highest BCUT2D eigenvalue weighted by molar-refractivity contribution is 7.20. The number of aliphatic hydroxyl groups is 1. The zero-order valence-corrected chi connectivity index (χ0v) is 13.1. The molecule has 0 aliphatic rings. The number of likely N-dealkylation sites (N-methyl/N-ethyl adjacent to an activating group) is 1. The summed E-state index contributed by atoms with van der Waals surface area (Å²) in [5, 5.41) is 13.6. The van der Waals surface area contributed by atoms with Gasteiger partial charge < -0.3 is 15.3 Å². The number of amides is 1. The Balaban J connectivity index is 2.05. The minimum Gasteiger partial charge on any atom is -0.387 e. The Morgan fingerprint density at radius 1 is 1.43 bits per heavy atom. The summed E-state index contributed by atoms with van der Waals surface area (Å²) in [5.74, 6) is -0.572. The summed E-state index contributed by atoms with van der Waals surface area (Å²) in [6.45, 7) is 2.28. The summed E-state index contributed by atoms with van der Waals surface area (Å²) >= 11 is 1.31. The van der Waals surface area contributed by atoms with Crippen molar-refractivity contribution in [1.29, 1.82) is 0 Å². The molecule has 1 heterocycles. The van der Waals surface area contributed by atoms with Gasteiger partial charge in [0.2, 0.25) is 0 Å². The molecular weight excluding hydrogens is 291 g/mol. The van der Waals surface area contributed by atoms with E-state index in [1.54, 1.807) is 19.1 Å². The first-order valence-electron chi connectivity index (χ1n) is 6.61. The van der Waals surface area contributed by atoms with Gasteiger partial charge in [-0.1, -0.05) is 0 Å². The fourth-order valence-electron chi connectivity index (χ4n) is 2.22. The van der Waals surface area contributed by atoms with Crippen molar-refractivity contribution in [1.82, 2.24) is 10.2 Å². The third-order valence-corrected chi connectivity index (χ3v) is 4.10. The summed E-state index contributed by atoms with van der Waals surface area (Å²) in [5.41, 5.74) is -0.998. The van der Waals surface area contributed by atoms with Crippen molar-refractivity contribution in [3.8, 4) is 0 Å². The number of hydrogen-bond donors (Lipinski definition) is 2. The summed E-state index contributed by atoms with van der Waals surface area (Å²) in [7, 11) is 3.72. The van der Waals surface area contributed by atoms with Crippen molar-refractivity contribution >= 4 is 27.3 Å². The number of benzene rings is 1. The van der Waals surface area contributed by atoms with E-state index in [-0.39, 0.29) is 18.3 Å². The first-order chi connectivity index (χ1) is 9.77. The second-order valence-electron chi connectivity index (χ2n) is 5.71. The van der Waals surface area contributed by atoms with Crippen LogP contribution >= 0.6 is 11.3 Å². The molecule has 0 aliphatic carbocycles. The molecule has 2 rings (SSSR count). The van der Waals surface area contributed by atoms with E-state index in [0.29, 0.717) is 16.8 Å². The molecule has 1 aromatic heterocycles. The SMILES string of the molecule is CN(C)CC(C)(O)CNC(=O)c1cc2cc(F)ccc2s1. The van der Waals surface area contributed by atoms with Crippen LogP contribution in [-0.4, -0.2) is 48.7 Å². The smallest absolute Gasteiger partial charge is 0.261 e. The lowest BCUT2D eigenvalue weighted by Gasteiger charge is -2.26. The number of nitrogens with one attached hydrogen (secondary N) is 1. The van der Waals surface area contributed by atoms with Crippen LogP contribution in [0, 0.1) is 5.82 Å². The predicted octanol–water partition coefficient (Wildman–Crippen LogP) is 2.08. The highest BCUT2D eigenvalue weighted by atomic mass is 32.1. The molecule has 1 unspecified atom stereocenters. The highest BCUT2D eigenvalue weighted by Crippen LogP contribution is 2.26. The largest absolute Gasteiger partial charge is 0.387 e. The third kappa shape index (κ3) is 4.23. The summed E-state index contributed by atoms with van der Waals surface area (Å²) in [4.78, 5) is 14.5. The molecule has 114 valence electrons. The zero-order chi connectivity index (χ0) is 15.6. The average molecular weight is 310 g/mol. The van der Waals surface area contributed by atoms with Crippen molar-refractivity contribution in [2.24, 2.45) is 0 Å². The summed E-state index contributed by atoms with van der Waals surface area (Å²) < 4.78 is 14.0. The number of hydrogen-bond acceptors (Lipinski definition) is 4. The molecule has 0 saturated heterocycles. The van der Waals surface area contributed by atoms with E-state index in [2.05, 4.69) is 5.32 Å². The van der Waals surface area contributed by atoms with E-state index in [9.17, 15) is 14.3 Å². The minimum atomic E-state index is -0.998. The number of carbonyl (C=O) groups is 1. The molecule has 0 radical (unpaired) electrons. The van der Waals surface area contributed by atoms with Gasteiger partial charge in [0.25, 0.3) is 5.91 Å². The van der Waals surface area contributed by atoms with Crippen LogP contribution in [0.25, 0.3) is 10.1 Å². The van der Waals surface area contributed by atoms with Gasteiger partial charge in [0.05, 0.1) is 10.5 Å². The Hall–Kier alpha value is -1.50. The monoisotopic (exact) mass is 310 g/mol. The molecular formula is C15H19FN2O2S. The molecule has 0 saturated carbocycles. The fourth-order valence-corrected chi connectivity index (χ4v) is 3.18. The Morgan fingerprint density at radius 2 is 2.14 bits per heavy atom. The van der Waals surface area contributed by atoms with E-state index in [4.69, 9.17) is 0 Å². The van der Waals surface area contributed by atoms with Gasteiger partial charge >= 0.3 is 0 Å². The molecule has 0 bridgehead atoms. The second-order valence-corrected chi connectivity index (χ2v) is 6.79. The lowest BCUT2D eigenvalue weighted by molar-refractivity contribution is 0.0326. The van der Waals surface area contributed by atoms with Crippen LogP contribution in [0.5, 0.6) is 0 Å². The average Bonchev–Trinajstić information content (AvgIpc) is 2.77. The molecule has 21 heavy (non-hydrogen) atoms. The van der Waals surface area contributed by atoms with Gasteiger partial charge in [0, 0.05) is 17.8 Å². The Bertz CT molecular complexity index is 652. The first kappa shape index (κ1) is 15.9. The maximum Gasteiger partial charge on any atom is 0.261 e. The Morgan fingerprint density at radius 3 is 2.81 bits per heavy atom. The molecule has 6 heteroatoms. The molecule has 2 N–H and O–H groups in total. The lowest BCUT2D eigenvalue weighted by atomic mass is 10.1. The number of rotatable bonds is 5. The summed E-state index contributed by atoms with van der Waals surface area (Å²) in [6.07, 6.45) is 0. The quantitative estimate of drug-likeness (QED) is 0.889. The van der Waals surface area contributed by atoms with Crippen LogP contribution in [0.3, 0.4) is 0 Å². The number of halogens is 1. The van der Waals surface area contributed by atoms with Gasteiger partial charge in [-0.3, -0.25) is 4.79 Å². The number of nitrogens with zero attached hydrogens (tertiary/aromatic N) is 1. The van der Waals surface area contributed by atoms with E-state index in [1.807, 2.05) is 19.0 Å². The molecule has 0 spiro atoms. The van der Waals surface area contributed by atoms with Crippen LogP contribution in [0.15, 0.2) is 24.3 Å². The number of fused-ring (bicyclic) bond motifs is 1. The molecule has 1 amide bonds. The topological polar surface area (TPSA) is 52.6 Å². The number of thiophene rings is 1. The van der Waals surface area contributed by atoms with Crippen LogP contribution < -0.4 is 5.32 Å². The maximum atomic E-state index is 13.1. The number of carbonyl (C=O) groups excluding carboxylic acids is 1. The standard InChI is InChI=1S/C15H19FN2O2S/c1-15(20,9-18(2)3)8-17-14(19)13-7-10-6-11(16)4-5-12(10)21-13/h4-7,20H,8-9H2,1-3H3,(H,17,19). The third-order valence-electron chi connectivity index (χ3n) is 2.99. The van der Waals surface area contributed by atoms with Crippen LogP contribution in [-0.2, 0) is 0 Å². The van der Waals surface area contributed by atoms with E-state index < -0.39 is 5.60 Å². The summed E-state index contributed by atoms with van der Waals surface area (Å²) in [6, 6.07) is 6.11. The van der Waals surface area contributed by atoms with Crippen LogP contribution in [0.4, 0.5) is 4.39 Å².